The smallest absolute Gasteiger partial charge is 0.429 e. The van der Waals surface area contributed by atoms with Gasteiger partial charge >= 0.3 is 18.2 Å². The van der Waals surface area contributed by atoms with E-state index in [1.807, 2.05) is 0 Å². The van der Waals surface area contributed by atoms with Crippen molar-refractivity contribution in [1.82, 2.24) is 0 Å². The summed E-state index contributed by atoms with van der Waals surface area (Å²) in [5.41, 5.74) is -0.201. The van der Waals surface area contributed by atoms with E-state index in [1.165, 1.54) is 6.07 Å². The molecule has 0 radical (unpaired) electrons. The summed E-state index contributed by atoms with van der Waals surface area (Å²) in [6, 6.07) is 5.53. The fourth-order valence-corrected chi connectivity index (χ4v) is 4.77. The molecule has 0 N–H and O–H groups in total. The molecule has 39 heavy (non-hydrogen) atoms. The van der Waals surface area contributed by atoms with Gasteiger partial charge in [-0.3, -0.25) is 0 Å². The van der Waals surface area contributed by atoms with Crippen LogP contribution in [0.3, 0.4) is 0 Å². The van der Waals surface area contributed by atoms with Crippen LogP contribution in [0.5, 0.6) is 11.5 Å². The molecule has 0 bridgehead atoms. The number of rotatable bonds is 7. The van der Waals surface area contributed by atoms with E-state index in [0.717, 1.165) is 17.7 Å². The van der Waals surface area contributed by atoms with Gasteiger partial charge in [-0.1, -0.05) is 12.1 Å². The van der Waals surface area contributed by atoms with Gasteiger partial charge in [0.25, 0.3) is 0 Å². The quantitative estimate of drug-likeness (QED) is 0.212. The minimum atomic E-state index is -4.60. The first kappa shape index (κ1) is 28.4. The van der Waals surface area contributed by atoms with Gasteiger partial charge in [0.1, 0.15) is 28.8 Å². The molecule has 0 aromatic heterocycles. The van der Waals surface area contributed by atoms with E-state index in [0.29, 0.717) is 43.4 Å². The second-order valence-electron chi connectivity index (χ2n) is 9.28. The van der Waals surface area contributed by atoms with Crippen molar-refractivity contribution >= 4 is 0 Å². The molecule has 1 aliphatic rings. The van der Waals surface area contributed by atoms with E-state index >= 15 is 0 Å². The average Bonchev–Trinajstić information content (AvgIpc) is 2.85. The van der Waals surface area contributed by atoms with Crippen LogP contribution in [-0.4, -0.2) is 0 Å². The maximum Gasteiger partial charge on any atom is 0.432 e. The fourth-order valence-electron chi connectivity index (χ4n) is 4.77. The minimum absolute atomic E-state index is 0.0748. The Labute approximate surface area is 217 Å². The van der Waals surface area contributed by atoms with Gasteiger partial charge in [0.2, 0.25) is 0 Å². The van der Waals surface area contributed by atoms with Crippen molar-refractivity contribution in [1.29, 1.82) is 0 Å². The molecule has 0 heterocycles. The van der Waals surface area contributed by atoms with Crippen molar-refractivity contribution < 1.29 is 49.0 Å². The zero-order chi connectivity index (χ0) is 28.5. The summed E-state index contributed by atoms with van der Waals surface area (Å²) in [6.45, 7) is 1.77. The largest absolute Gasteiger partial charge is 0.432 e. The van der Waals surface area contributed by atoms with Crippen LogP contribution in [0.4, 0.5) is 39.5 Å². The van der Waals surface area contributed by atoms with Gasteiger partial charge in [0, 0.05) is 6.07 Å². The molecule has 11 heteroatoms. The van der Waals surface area contributed by atoms with Crippen molar-refractivity contribution in [2.24, 2.45) is 0 Å². The summed E-state index contributed by atoms with van der Waals surface area (Å²) in [7, 11) is 0. The molecule has 1 aliphatic carbocycles. The van der Waals surface area contributed by atoms with Crippen LogP contribution in [0.15, 0.2) is 60.6 Å². The molecule has 2 nitrogen and oxygen atoms in total. The SMILES string of the molecule is Cc1ccc(C2CCC(c3cc(F)c(C(F)(F)Oc4ccc(OC(F)=C(F)F)c(F)c4)c(F)c3)CC2)c(F)c1. The molecule has 0 atom stereocenters. The molecular formula is C28H21F9O2. The average molecular weight is 560 g/mol. The third-order valence-corrected chi connectivity index (χ3v) is 6.65. The molecule has 3 aromatic carbocycles. The molecule has 208 valence electrons. The van der Waals surface area contributed by atoms with Gasteiger partial charge in [-0.2, -0.15) is 22.0 Å². The maximum absolute atomic E-state index is 14.8. The summed E-state index contributed by atoms with van der Waals surface area (Å²) >= 11 is 0. The second-order valence-corrected chi connectivity index (χ2v) is 9.28. The molecule has 0 amide bonds. The first-order chi connectivity index (χ1) is 18.4. The van der Waals surface area contributed by atoms with Crippen molar-refractivity contribution in [3.05, 3.63) is 106 Å². The molecule has 0 unspecified atom stereocenters. The van der Waals surface area contributed by atoms with Crippen LogP contribution in [0.2, 0.25) is 0 Å². The second kappa shape index (κ2) is 11.2. The molecular weight excluding hydrogens is 539 g/mol. The lowest BCUT2D eigenvalue weighted by atomic mass is 9.76. The van der Waals surface area contributed by atoms with Gasteiger partial charge in [-0.25, -0.2) is 17.6 Å². The summed E-state index contributed by atoms with van der Waals surface area (Å²) in [6.07, 6.45) is -5.48. The zero-order valence-corrected chi connectivity index (χ0v) is 20.3. The van der Waals surface area contributed by atoms with Crippen LogP contribution in [0.1, 0.15) is 59.8 Å². The number of hydrogen-bond donors (Lipinski definition) is 0. The highest BCUT2D eigenvalue weighted by atomic mass is 19.3. The van der Waals surface area contributed by atoms with E-state index in [1.54, 1.807) is 19.1 Å². The normalized spacial score (nSPS) is 17.6. The summed E-state index contributed by atoms with van der Waals surface area (Å²) in [5, 5.41) is 0. The summed E-state index contributed by atoms with van der Waals surface area (Å²) in [5.74, 6) is -7.45. The van der Waals surface area contributed by atoms with Crippen molar-refractivity contribution in [3.8, 4) is 11.5 Å². The number of halogens is 9. The zero-order valence-electron chi connectivity index (χ0n) is 20.3. The molecule has 0 saturated heterocycles. The van der Waals surface area contributed by atoms with Crippen molar-refractivity contribution in [3.63, 3.8) is 0 Å². The number of benzene rings is 3. The van der Waals surface area contributed by atoms with Crippen LogP contribution < -0.4 is 9.47 Å². The molecule has 1 fully saturated rings. The number of alkyl halides is 2. The van der Waals surface area contributed by atoms with Crippen molar-refractivity contribution in [2.45, 2.75) is 50.6 Å². The van der Waals surface area contributed by atoms with E-state index < -0.39 is 52.7 Å². The standard InChI is InChI=1S/C28H21F9O2/c1-14-2-8-19(20(29)10-14)16-5-3-15(4-6-16)17-11-22(31)25(23(32)12-17)28(36,37)39-18-7-9-24(21(30)13-18)38-27(35)26(33)34/h2,7-13,15-16H,3-6H2,1H3. The van der Waals surface area contributed by atoms with Crippen LogP contribution in [-0.2, 0) is 6.11 Å². The van der Waals surface area contributed by atoms with Gasteiger partial charge in [0.05, 0.1) is 0 Å². The van der Waals surface area contributed by atoms with Crippen molar-refractivity contribution in [2.75, 3.05) is 0 Å². The molecule has 3 aromatic rings. The molecule has 1 saturated carbocycles. The Morgan fingerprint density at radius 2 is 1.36 bits per heavy atom. The maximum atomic E-state index is 14.8. The monoisotopic (exact) mass is 560 g/mol. The first-order valence-electron chi connectivity index (χ1n) is 11.9. The van der Waals surface area contributed by atoms with Crippen LogP contribution in [0, 0.1) is 30.2 Å². The van der Waals surface area contributed by atoms with Crippen LogP contribution in [0.25, 0.3) is 0 Å². The highest BCUT2D eigenvalue weighted by Crippen LogP contribution is 2.43. The predicted molar refractivity (Wildman–Crippen MR) is 123 cm³/mol. The Kier molecular flexibility index (Phi) is 8.17. The highest BCUT2D eigenvalue weighted by Gasteiger charge is 2.42. The Balaban J connectivity index is 1.48. The Bertz CT molecular complexity index is 1370. The lowest BCUT2D eigenvalue weighted by molar-refractivity contribution is -0.189. The molecule has 4 rings (SSSR count). The predicted octanol–water partition coefficient (Wildman–Crippen LogP) is 9.54. The molecule has 0 aliphatic heterocycles. The Morgan fingerprint density at radius 3 is 1.92 bits per heavy atom. The van der Waals surface area contributed by atoms with Gasteiger partial charge in [-0.15, -0.1) is 0 Å². The number of ether oxygens (including phenoxy) is 2. The van der Waals surface area contributed by atoms with E-state index in [4.69, 9.17) is 0 Å². The van der Waals surface area contributed by atoms with Gasteiger partial charge < -0.3 is 9.47 Å². The summed E-state index contributed by atoms with van der Waals surface area (Å²) in [4.78, 5) is 0. The van der Waals surface area contributed by atoms with Crippen LogP contribution >= 0.6 is 0 Å². The Hall–Kier alpha value is -3.63. The van der Waals surface area contributed by atoms with Gasteiger partial charge in [0.15, 0.2) is 11.6 Å². The van der Waals surface area contributed by atoms with Gasteiger partial charge in [-0.05, 0) is 91.5 Å². The summed E-state index contributed by atoms with van der Waals surface area (Å²) < 4.78 is 133. The lowest BCUT2D eigenvalue weighted by Gasteiger charge is -2.30. The topological polar surface area (TPSA) is 18.5 Å². The van der Waals surface area contributed by atoms with E-state index in [2.05, 4.69) is 9.47 Å². The lowest BCUT2D eigenvalue weighted by Crippen LogP contribution is -2.25. The van der Waals surface area contributed by atoms with E-state index in [-0.39, 0.29) is 29.3 Å². The van der Waals surface area contributed by atoms with E-state index in [9.17, 15) is 39.5 Å². The fraction of sp³-hybridized carbons (Fsp3) is 0.286. The third kappa shape index (κ3) is 6.34. The first-order valence-corrected chi connectivity index (χ1v) is 11.9. The molecule has 0 spiro atoms. The Morgan fingerprint density at radius 1 is 0.744 bits per heavy atom. The number of hydrogen-bond acceptors (Lipinski definition) is 2. The minimum Gasteiger partial charge on any atom is -0.429 e. The number of aryl methyl sites for hydroxylation is 1. The third-order valence-electron chi connectivity index (χ3n) is 6.65. The highest BCUT2D eigenvalue weighted by molar-refractivity contribution is 5.36.